The van der Waals surface area contributed by atoms with Crippen LogP contribution in [0.15, 0.2) is 58.0 Å². The van der Waals surface area contributed by atoms with Crippen molar-refractivity contribution in [3.05, 3.63) is 64.3 Å². The highest BCUT2D eigenvalue weighted by Crippen LogP contribution is 2.38. The van der Waals surface area contributed by atoms with Gasteiger partial charge in [-0.3, -0.25) is 4.79 Å². The van der Waals surface area contributed by atoms with Crippen molar-refractivity contribution in [2.75, 3.05) is 0 Å². The number of esters is 1. The predicted octanol–water partition coefficient (Wildman–Crippen LogP) is 6.19. The summed E-state index contributed by atoms with van der Waals surface area (Å²) in [5, 5.41) is 20.2. The summed E-state index contributed by atoms with van der Waals surface area (Å²) in [6.45, 7) is 11.7. The van der Waals surface area contributed by atoms with Gasteiger partial charge in [0.2, 0.25) is 0 Å². The van der Waals surface area contributed by atoms with Crippen molar-refractivity contribution in [1.29, 1.82) is 0 Å². The van der Waals surface area contributed by atoms with Crippen molar-refractivity contribution in [2.24, 2.45) is 5.92 Å². The Morgan fingerprint density at radius 1 is 1.15 bits per heavy atom. The van der Waals surface area contributed by atoms with Crippen LogP contribution in [-0.4, -0.2) is 26.1 Å². The van der Waals surface area contributed by atoms with Gasteiger partial charge in [-0.2, -0.15) is 0 Å². The highest BCUT2D eigenvalue weighted by molar-refractivity contribution is 8.03. The van der Waals surface area contributed by atoms with Gasteiger partial charge in [0, 0.05) is 23.3 Å². The summed E-state index contributed by atoms with van der Waals surface area (Å²) < 4.78 is 5.28. The van der Waals surface area contributed by atoms with Crippen molar-refractivity contribution in [3.8, 4) is 11.4 Å². The van der Waals surface area contributed by atoms with E-state index in [1.807, 2.05) is 49.4 Å². The summed E-state index contributed by atoms with van der Waals surface area (Å²) in [5.74, 6) is 0.769. The van der Waals surface area contributed by atoms with E-state index in [1.54, 1.807) is 11.8 Å². The minimum absolute atomic E-state index is 0.146. The minimum Gasteiger partial charge on any atom is -0.505 e. The second-order valence-electron chi connectivity index (χ2n) is 9.57. The molecule has 1 aromatic heterocycles. The molecule has 0 saturated heterocycles. The number of carbonyl (C=O) groups excluding carboxylic acids is 1. The standard InChI is InChI=1S/C26H29N3O3S/c1-15-11-20(26(4,5)6)25(31)23(12-15)29-27-21-9-7-19(14-22(21)28-29)33-18-8-10-24(16(2)13-18)32-17(3)30/h7-12,14,16,31H,13H2,1-6H3. The number of phenols is 1. The van der Waals surface area contributed by atoms with Gasteiger partial charge >= 0.3 is 5.97 Å². The number of benzene rings is 2. The van der Waals surface area contributed by atoms with Crippen molar-refractivity contribution in [1.82, 2.24) is 15.0 Å². The number of hydrogen-bond donors (Lipinski definition) is 1. The van der Waals surface area contributed by atoms with Gasteiger partial charge < -0.3 is 9.84 Å². The first kappa shape index (κ1) is 23.1. The highest BCUT2D eigenvalue weighted by Gasteiger charge is 2.23. The molecule has 1 aliphatic carbocycles. The molecule has 1 aliphatic rings. The molecule has 172 valence electrons. The molecule has 0 saturated carbocycles. The van der Waals surface area contributed by atoms with E-state index in [9.17, 15) is 9.90 Å². The number of thioether (sulfide) groups is 1. The lowest BCUT2D eigenvalue weighted by molar-refractivity contribution is -0.137. The summed E-state index contributed by atoms with van der Waals surface area (Å²) in [5.41, 5.74) is 3.83. The van der Waals surface area contributed by atoms with Crippen molar-refractivity contribution in [2.45, 2.75) is 58.3 Å². The monoisotopic (exact) mass is 463 g/mol. The number of aromatic hydroxyl groups is 1. The molecule has 7 heteroatoms. The van der Waals surface area contributed by atoms with Crippen LogP contribution in [0.25, 0.3) is 16.7 Å². The van der Waals surface area contributed by atoms with Gasteiger partial charge in [0.15, 0.2) is 0 Å². The van der Waals surface area contributed by atoms with Gasteiger partial charge in [0.25, 0.3) is 0 Å². The van der Waals surface area contributed by atoms with Gasteiger partial charge in [0.1, 0.15) is 28.2 Å². The van der Waals surface area contributed by atoms with Crippen LogP contribution in [-0.2, 0) is 14.9 Å². The highest BCUT2D eigenvalue weighted by atomic mass is 32.2. The largest absolute Gasteiger partial charge is 0.505 e. The van der Waals surface area contributed by atoms with E-state index in [0.717, 1.165) is 33.5 Å². The molecule has 0 amide bonds. The Morgan fingerprint density at radius 2 is 1.88 bits per heavy atom. The molecule has 0 fully saturated rings. The maximum absolute atomic E-state index is 11.2. The topological polar surface area (TPSA) is 77.2 Å². The number of ether oxygens (including phenoxy) is 1. The predicted molar refractivity (Wildman–Crippen MR) is 132 cm³/mol. The van der Waals surface area contributed by atoms with E-state index in [2.05, 4.69) is 37.9 Å². The van der Waals surface area contributed by atoms with E-state index in [0.29, 0.717) is 11.4 Å². The number of fused-ring (bicyclic) bond motifs is 1. The van der Waals surface area contributed by atoms with Crippen LogP contribution >= 0.6 is 11.8 Å². The van der Waals surface area contributed by atoms with Crippen molar-refractivity contribution < 1.29 is 14.6 Å². The molecule has 0 spiro atoms. The summed E-state index contributed by atoms with van der Waals surface area (Å²) in [4.78, 5) is 15.0. The summed E-state index contributed by atoms with van der Waals surface area (Å²) in [6, 6.07) is 9.90. The van der Waals surface area contributed by atoms with Gasteiger partial charge in [-0.25, -0.2) is 0 Å². The van der Waals surface area contributed by atoms with Crippen LogP contribution in [0.3, 0.4) is 0 Å². The molecule has 0 aliphatic heterocycles. The molecule has 1 heterocycles. The summed E-state index contributed by atoms with van der Waals surface area (Å²) in [6.07, 6.45) is 4.68. The summed E-state index contributed by atoms with van der Waals surface area (Å²) >= 11 is 1.67. The number of allylic oxidation sites excluding steroid dienone is 4. The molecule has 6 nitrogen and oxygen atoms in total. The normalized spacial score (nSPS) is 16.5. The molecule has 1 N–H and O–H groups in total. The molecular formula is C26H29N3O3S. The van der Waals surface area contributed by atoms with Gasteiger partial charge in [-0.1, -0.05) is 45.5 Å². The zero-order valence-electron chi connectivity index (χ0n) is 19.8. The third-order valence-electron chi connectivity index (χ3n) is 5.55. The number of aromatic nitrogens is 3. The van der Waals surface area contributed by atoms with E-state index in [4.69, 9.17) is 4.74 Å². The second-order valence-corrected chi connectivity index (χ2v) is 10.8. The third kappa shape index (κ3) is 4.98. The smallest absolute Gasteiger partial charge is 0.307 e. The van der Waals surface area contributed by atoms with Crippen LogP contribution in [0, 0.1) is 12.8 Å². The third-order valence-corrected chi connectivity index (χ3v) is 6.60. The fraction of sp³-hybridized carbons (Fsp3) is 0.346. The first-order valence-electron chi connectivity index (χ1n) is 11.0. The molecule has 3 aromatic rings. The molecule has 2 aromatic carbocycles. The van der Waals surface area contributed by atoms with Crippen LogP contribution in [0.5, 0.6) is 5.75 Å². The fourth-order valence-corrected chi connectivity index (χ4v) is 4.97. The Bertz CT molecular complexity index is 1300. The lowest BCUT2D eigenvalue weighted by atomic mass is 9.85. The zero-order valence-corrected chi connectivity index (χ0v) is 20.7. The van der Waals surface area contributed by atoms with Gasteiger partial charge in [0.05, 0.1) is 0 Å². The molecule has 0 radical (unpaired) electrons. The number of phenolic OH excluding ortho intramolecular Hbond substituents is 1. The van der Waals surface area contributed by atoms with E-state index in [1.165, 1.54) is 16.6 Å². The quantitative estimate of drug-likeness (QED) is 0.465. The first-order chi connectivity index (χ1) is 15.5. The number of nitrogens with zero attached hydrogens (tertiary/aromatic N) is 3. The molecule has 1 unspecified atom stereocenters. The van der Waals surface area contributed by atoms with Crippen LogP contribution in [0.2, 0.25) is 0 Å². The van der Waals surface area contributed by atoms with E-state index >= 15 is 0 Å². The molecule has 4 rings (SSSR count). The zero-order chi connectivity index (χ0) is 23.9. The van der Waals surface area contributed by atoms with Crippen molar-refractivity contribution >= 4 is 28.8 Å². The SMILES string of the molecule is CC(=O)OC1=CC=C(Sc2ccc3nn(-c4cc(C)cc(C(C)(C)C)c4O)nc3c2)CC1C. The minimum atomic E-state index is -0.291. The number of rotatable bonds is 4. The molecule has 0 bridgehead atoms. The average molecular weight is 464 g/mol. The maximum Gasteiger partial charge on any atom is 0.307 e. The molecular weight excluding hydrogens is 434 g/mol. The second kappa shape index (κ2) is 8.71. The number of carbonyl (C=O) groups is 1. The maximum atomic E-state index is 11.2. The van der Waals surface area contributed by atoms with Gasteiger partial charge in [-0.05, 0) is 65.6 Å². The van der Waals surface area contributed by atoms with Crippen LogP contribution in [0.1, 0.15) is 52.2 Å². The Balaban J connectivity index is 1.63. The van der Waals surface area contributed by atoms with Gasteiger partial charge in [-0.15, -0.1) is 15.0 Å². The Hall–Kier alpha value is -3.06. The number of aryl methyl sites for hydroxylation is 1. The first-order valence-corrected chi connectivity index (χ1v) is 11.8. The molecule has 33 heavy (non-hydrogen) atoms. The fourth-order valence-electron chi connectivity index (χ4n) is 3.89. The van der Waals surface area contributed by atoms with E-state index < -0.39 is 0 Å². The van der Waals surface area contributed by atoms with Crippen molar-refractivity contribution in [3.63, 3.8) is 0 Å². The van der Waals surface area contributed by atoms with E-state index in [-0.39, 0.29) is 23.1 Å². The van der Waals surface area contributed by atoms with Crippen LogP contribution in [0.4, 0.5) is 0 Å². The Kier molecular flexibility index (Phi) is 6.10. The average Bonchev–Trinajstić information content (AvgIpc) is 3.13. The number of hydrogen-bond acceptors (Lipinski definition) is 6. The summed E-state index contributed by atoms with van der Waals surface area (Å²) in [7, 11) is 0. The van der Waals surface area contributed by atoms with Crippen LogP contribution < -0.4 is 0 Å². The Morgan fingerprint density at radius 3 is 2.55 bits per heavy atom. The molecule has 1 atom stereocenters. The lowest BCUT2D eigenvalue weighted by Crippen LogP contribution is -2.13. The lowest BCUT2D eigenvalue weighted by Gasteiger charge is -2.22. The Labute approximate surface area is 198 Å².